The highest BCUT2D eigenvalue weighted by molar-refractivity contribution is 5.54. The van der Waals surface area contributed by atoms with Gasteiger partial charge in [-0.3, -0.25) is 0 Å². The minimum Gasteiger partial charge on any atom is -1.00 e. The summed E-state index contributed by atoms with van der Waals surface area (Å²) in [6.07, 6.45) is 9.96. The number of benzene rings is 1. The number of halogens is 1. The first-order valence-electron chi connectivity index (χ1n) is 9.17. The van der Waals surface area contributed by atoms with Crippen LogP contribution in [0.3, 0.4) is 0 Å². The summed E-state index contributed by atoms with van der Waals surface area (Å²) in [4.78, 5) is 0. The molecule has 2 aliphatic heterocycles. The molecule has 1 N–H and O–H groups in total. The lowest BCUT2D eigenvalue weighted by atomic mass is 9.54. The maximum absolute atomic E-state index is 10.1. The normalized spacial score (nSPS) is 20.9. The second-order valence-electron chi connectivity index (χ2n) is 7.50. The molecule has 4 nitrogen and oxygen atoms in total. The molecule has 140 valence electrons. The molecule has 2 atom stereocenters. The number of aromatic nitrogens is 1. The SMILES string of the molecule is Oc1ccc2[n+](c1)[C@@H]1CC(c3ccoc3)(c3ccoc3)[C@H]2c2ccccc21.[Cl-]. The second kappa shape index (κ2) is 6.01. The largest absolute Gasteiger partial charge is 1.00 e. The Morgan fingerprint density at radius 1 is 0.893 bits per heavy atom. The fourth-order valence-electron chi connectivity index (χ4n) is 5.34. The van der Waals surface area contributed by atoms with E-state index < -0.39 is 0 Å². The van der Waals surface area contributed by atoms with E-state index in [2.05, 4.69) is 47.0 Å². The summed E-state index contributed by atoms with van der Waals surface area (Å²) < 4.78 is 13.3. The second-order valence-corrected chi connectivity index (χ2v) is 7.50. The first-order valence-corrected chi connectivity index (χ1v) is 9.17. The Labute approximate surface area is 168 Å². The van der Waals surface area contributed by atoms with Crippen LogP contribution in [0, 0.1) is 0 Å². The van der Waals surface area contributed by atoms with Crippen molar-refractivity contribution in [2.24, 2.45) is 0 Å². The van der Waals surface area contributed by atoms with Crippen molar-refractivity contribution >= 4 is 0 Å². The fourth-order valence-corrected chi connectivity index (χ4v) is 5.34. The molecule has 0 radical (unpaired) electrons. The Hall–Kier alpha value is -2.98. The zero-order chi connectivity index (χ0) is 18.0. The van der Waals surface area contributed by atoms with Crippen molar-refractivity contribution in [3.63, 3.8) is 0 Å². The molecule has 0 spiro atoms. The lowest BCUT2D eigenvalue weighted by Gasteiger charge is -2.48. The van der Waals surface area contributed by atoms with Gasteiger partial charge in [0, 0.05) is 29.2 Å². The van der Waals surface area contributed by atoms with Crippen LogP contribution in [-0.2, 0) is 5.41 Å². The molecule has 2 bridgehead atoms. The molecule has 3 aliphatic rings. The predicted octanol–water partition coefficient (Wildman–Crippen LogP) is 1.29. The van der Waals surface area contributed by atoms with E-state index in [-0.39, 0.29) is 29.8 Å². The fraction of sp³-hybridized carbons (Fsp3) is 0.174. The lowest BCUT2D eigenvalue weighted by Crippen LogP contribution is -3.00. The standard InChI is InChI=1S/C23H17NO3.ClH/c25-17-5-6-20-22-19-4-2-1-3-18(19)21(24(20)12-17)11-23(22,15-7-9-26-13-15)16-8-10-27-14-16;/h1-10,12-14,21-22H,11H2;1H/t21-,22+;/m1./s1. The van der Waals surface area contributed by atoms with Gasteiger partial charge in [0.15, 0.2) is 17.5 Å². The first-order chi connectivity index (χ1) is 13.3. The lowest BCUT2D eigenvalue weighted by molar-refractivity contribution is -0.732. The molecule has 5 heterocycles. The Bertz CT molecular complexity index is 1100. The van der Waals surface area contributed by atoms with E-state index in [0.717, 1.165) is 17.5 Å². The van der Waals surface area contributed by atoms with Crippen LogP contribution in [0.15, 0.2) is 88.6 Å². The van der Waals surface area contributed by atoms with Crippen molar-refractivity contribution in [2.75, 3.05) is 0 Å². The van der Waals surface area contributed by atoms with E-state index in [9.17, 15) is 5.11 Å². The zero-order valence-electron chi connectivity index (χ0n) is 15.0. The van der Waals surface area contributed by atoms with Crippen LogP contribution in [0.4, 0.5) is 0 Å². The minimum atomic E-state index is -0.268. The van der Waals surface area contributed by atoms with Gasteiger partial charge in [0.25, 0.3) is 0 Å². The highest BCUT2D eigenvalue weighted by Gasteiger charge is 2.60. The first kappa shape index (κ1) is 17.1. The van der Waals surface area contributed by atoms with Crippen LogP contribution in [0.1, 0.15) is 46.3 Å². The van der Waals surface area contributed by atoms with Gasteiger partial charge in [-0.2, -0.15) is 4.57 Å². The summed E-state index contributed by atoms with van der Waals surface area (Å²) in [6.45, 7) is 0. The third kappa shape index (κ3) is 2.04. The smallest absolute Gasteiger partial charge is 0.211 e. The Balaban J connectivity index is 0.00000171. The zero-order valence-corrected chi connectivity index (χ0v) is 15.7. The molecule has 4 aromatic rings. The topological polar surface area (TPSA) is 50.4 Å². The quantitative estimate of drug-likeness (QED) is 0.524. The molecule has 0 amide bonds. The number of furan rings is 2. The number of rotatable bonds is 2. The maximum atomic E-state index is 10.1. The van der Waals surface area contributed by atoms with Gasteiger partial charge in [0.05, 0.1) is 36.4 Å². The third-order valence-corrected chi connectivity index (χ3v) is 6.37. The van der Waals surface area contributed by atoms with Crippen LogP contribution in [0.2, 0.25) is 0 Å². The Morgan fingerprint density at radius 3 is 2.21 bits per heavy atom. The van der Waals surface area contributed by atoms with Gasteiger partial charge in [0.1, 0.15) is 0 Å². The number of aromatic hydroxyl groups is 1. The molecular weight excluding hydrogens is 374 g/mol. The van der Waals surface area contributed by atoms with Crippen molar-refractivity contribution in [1.82, 2.24) is 0 Å². The maximum Gasteiger partial charge on any atom is 0.211 e. The van der Waals surface area contributed by atoms with Crippen molar-refractivity contribution in [3.8, 4) is 5.75 Å². The number of pyridine rings is 1. The summed E-state index contributed by atoms with van der Waals surface area (Å²) in [5, 5.41) is 10.1. The Morgan fingerprint density at radius 2 is 1.57 bits per heavy atom. The summed E-state index contributed by atoms with van der Waals surface area (Å²) in [6, 6.07) is 16.8. The van der Waals surface area contributed by atoms with Crippen LogP contribution >= 0.6 is 0 Å². The van der Waals surface area contributed by atoms with Crippen LogP contribution in [-0.4, -0.2) is 5.11 Å². The van der Waals surface area contributed by atoms with Gasteiger partial charge in [-0.1, -0.05) is 24.3 Å². The van der Waals surface area contributed by atoms with E-state index in [4.69, 9.17) is 8.83 Å². The molecule has 0 fully saturated rings. The average Bonchev–Trinajstić information content (AvgIpc) is 3.42. The van der Waals surface area contributed by atoms with Crippen molar-refractivity contribution in [3.05, 3.63) is 108 Å². The third-order valence-electron chi connectivity index (χ3n) is 6.37. The number of fused-ring (bicyclic) bond motifs is 1. The van der Waals surface area contributed by atoms with Gasteiger partial charge in [0.2, 0.25) is 6.20 Å². The number of nitrogens with zero attached hydrogens (tertiary/aromatic N) is 1. The van der Waals surface area contributed by atoms with Crippen molar-refractivity contribution < 1.29 is 30.9 Å². The van der Waals surface area contributed by atoms with Crippen molar-refractivity contribution in [1.29, 1.82) is 0 Å². The molecule has 3 aromatic heterocycles. The molecule has 28 heavy (non-hydrogen) atoms. The molecule has 7 rings (SSSR count). The van der Waals surface area contributed by atoms with Crippen LogP contribution in [0.25, 0.3) is 0 Å². The molecule has 0 saturated carbocycles. The minimum absolute atomic E-state index is 0. The summed E-state index contributed by atoms with van der Waals surface area (Å²) in [5.41, 5.74) is 5.91. The predicted molar refractivity (Wildman–Crippen MR) is 97.5 cm³/mol. The van der Waals surface area contributed by atoms with Gasteiger partial charge in [-0.15, -0.1) is 0 Å². The monoisotopic (exact) mass is 391 g/mol. The van der Waals surface area contributed by atoms with Gasteiger partial charge in [-0.05, 0) is 23.8 Å². The van der Waals surface area contributed by atoms with E-state index >= 15 is 0 Å². The summed E-state index contributed by atoms with van der Waals surface area (Å²) in [7, 11) is 0. The van der Waals surface area contributed by atoms with Gasteiger partial charge >= 0.3 is 0 Å². The summed E-state index contributed by atoms with van der Waals surface area (Å²) in [5.74, 6) is 0.399. The molecule has 1 aromatic carbocycles. The van der Waals surface area contributed by atoms with Crippen LogP contribution < -0.4 is 17.0 Å². The van der Waals surface area contributed by atoms with Crippen molar-refractivity contribution in [2.45, 2.75) is 23.8 Å². The highest BCUT2D eigenvalue weighted by atomic mass is 35.5. The molecule has 0 saturated heterocycles. The van der Waals surface area contributed by atoms with Gasteiger partial charge in [-0.25, -0.2) is 0 Å². The van der Waals surface area contributed by atoms with Crippen LogP contribution in [0.5, 0.6) is 5.75 Å². The van der Waals surface area contributed by atoms with E-state index in [0.29, 0.717) is 5.75 Å². The van der Waals surface area contributed by atoms with E-state index in [1.807, 2.05) is 18.7 Å². The average molecular weight is 392 g/mol. The molecule has 1 aliphatic carbocycles. The Kier molecular flexibility index (Phi) is 3.68. The van der Waals surface area contributed by atoms with Gasteiger partial charge < -0.3 is 26.3 Å². The number of hydrogen-bond acceptors (Lipinski definition) is 3. The van der Waals surface area contributed by atoms with E-state index in [1.54, 1.807) is 18.6 Å². The molecule has 0 unspecified atom stereocenters. The summed E-state index contributed by atoms with van der Waals surface area (Å²) >= 11 is 0. The van der Waals surface area contributed by atoms with E-state index in [1.165, 1.54) is 16.8 Å². The molecule has 5 heteroatoms. The number of hydrogen-bond donors (Lipinski definition) is 1. The highest BCUT2D eigenvalue weighted by Crippen LogP contribution is 2.59. The molecular formula is C23H18ClNO3.